The molecule has 2 atom stereocenters. The number of aliphatic hydroxyl groups is 1. The van der Waals surface area contributed by atoms with Crippen molar-refractivity contribution in [1.82, 2.24) is 4.90 Å². The summed E-state index contributed by atoms with van der Waals surface area (Å²) in [5.41, 5.74) is -0.793. The third kappa shape index (κ3) is 3.03. The quantitative estimate of drug-likeness (QED) is 0.892. The third-order valence-corrected chi connectivity index (χ3v) is 3.65. The van der Waals surface area contributed by atoms with Crippen LogP contribution in [0.3, 0.4) is 0 Å². The summed E-state index contributed by atoms with van der Waals surface area (Å²) in [7, 11) is 0. The van der Waals surface area contributed by atoms with Crippen LogP contribution in [0.1, 0.15) is 27.2 Å². The Labute approximate surface area is 109 Å². The molecule has 0 aliphatic carbocycles. The minimum absolute atomic E-state index is 0.130. The van der Waals surface area contributed by atoms with E-state index < -0.39 is 5.60 Å². The second-order valence-corrected chi connectivity index (χ2v) is 5.63. The van der Waals surface area contributed by atoms with Crippen LogP contribution in [0, 0.1) is 0 Å². The average Bonchev–Trinajstić information content (AvgIpc) is 2.32. The molecule has 18 heavy (non-hydrogen) atoms. The average molecular weight is 249 g/mol. The second kappa shape index (κ2) is 5.29. The zero-order valence-electron chi connectivity index (χ0n) is 11.5. The van der Waals surface area contributed by atoms with Crippen LogP contribution in [0.15, 0.2) is 30.3 Å². The van der Waals surface area contributed by atoms with Gasteiger partial charge in [0.2, 0.25) is 0 Å². The molecular weight excluding hydrogens is 226 g/mol. The molecule has 1 aromatic carbocycles. The minimum Gasteiger partial charge on any atom is -0.487 e. The number of β-amino-alcohol motifs (C(OH)–C–C–N with tert-alkyl or cyclic N) is 1. The molecule has 1 saturated heterocycles. The standard InChI is InChI=1S/C15H23NO2/c1-12(2)16-10-9-14(15(3,17)11-16)18-13-7-5-4-6-8-13/h4-8,12,14,17H,9-11H2,1-3H3/t14-,15-/m0/s1. The van der Waals surface area contributed by atoms with Gasteiger partial charge in [0.15, 0.2) is 0 Å². The van der Waals surface area contributed by atoms with Gasteiger partial charge in [-0.25, -0.2) is 0 Å². The topological polar surface area (TPSA) is 32.7 Å². The lowest BCUT2D eigenvalue weighted by molar-refractivity contribution is -0.103. The summed E-state index contributed by atoms with van der Waals surface area (Å²) >= 11 is 0. The molecule has 1 heterocycles. The van der Waals surface area contributed by atoms with E-state index in [0.717, 1.165) is 18.7 Å². The van der Waals surface area contributed by atoms with E-state index in [0.29, 0.717) is 12.6 Å². The lowest BCUT2D eigenvalue weighted by atomic mass is 9.90. The molecule has 100 valence electrons. The summed E-state index contributed by atoms with van der Waals surface area (Å²) < 4.78 is 5.92. The number of rotatable bonds is 3. The Balaban J connectivity index is 2.02. The fourth-order valence-corrected chi connectivity index (χ4v) is 2.48. The van der Waals surface area contributed by atoms with Gasteiger partial charge < -0.3 is 9.84 Å². The van der Waals surface area contributed by atoms with Crippen molar-refractivity contribution in [3.8, 4) is 5.75 Å². The van der Waals surface area contributed by atoms with Crippen molar-refractivity contribution < 1.29 is 9.84 Å². The van der Waals surface area contributed by atoms with Gasteiger partial charge in [-0.1, -0.05) is 18.2 Å². The lowest BCUT2D eigenvalue weighted by Crippen LogP contribution is -2.58. The van der Waals surface area contributed by atoms with Crippen molar-refractivity contribution in [3.05, 3.63) is 30.3 Å². The molecule has 2 rings (SSSR count). The van der Waals surface area contributed by atoms with E-state index in [1.165, 1.54) is 0 Å². The van der Waals surface area contributed by atoms with E-state index in [1.54, 1.807) is 0 Å². The van der Waals surface area contributed by atoms with Crippen molar-refractivity contribution in [2.24, 2.45) is 0 Å². The van der Waals surface area contributed by atoms with Crippen molar-refractivity contribution in [3.63, 3.8) is 0 Å². The SMILES string of the molecule is CC(C)N1CC[C@H](Oc2ccccc2)[C@@](C)(O)C1. The highest BCUT2D eigenvalue weighted by atomic mass is 16.5. The highest BCUT2D eigenvalue weighted by Crippen LogP contribution is 2.27. The molecule has 0 aromatic heterocycles. The van der Waals surface area contributed by atoms with Crippen LogP contribution in [0.5, 0.6) is 5.75 Å². The van der Waals surface area contributed by atoms with Gasteiger partial charge in [-0.05, 0) is 39.3 Å². The summed E-state index contributed by atoms with van der Waals surface area (Å²) in [6.07, 6.45) is 0.731. The van der Waals surface area contributed by atoms with Crippen LogP contribution in [0.25, 0.3) is 0 Å². The Kier molecular flexibility index (Phi) is 3.93. The summed E-state index contributed by atoms with van der Waals surface area (Å²) in [4.78, 5) is 2.30. The number of benzene rings is 1. The van der Waals surface area contributed by atoms with E-state index >= 15 is 0 Å². The Morgan fingerprint density at radius 1 is 1.33 bits per heavy atom. The number of nitrogens with zero attached hydrogens (tertiary/aromatic N) is 1. The van der Waals surface area contributed by atoms with Crippen molar-refractivity contribution in [2.75, 3.05) is 13.1 Å². The number of para-hydroxylation sites is 1. The predicted molar refractivity (Wildman–Crippen MR) is 72.8 cm³/mol. The maximum absolute atomic E-state index is 10.5. The van der Waals surface area contributed by atoms with Crippen molar-refractivity contribution in [2.45, 2.75) is 44.9 Å². The van der Waals surface area contributed by atoms with Crippen LogP contribution in [0.4, 0.5) is 0 Å². The molecule has 0 unspecified atom stereocenters. The number of hydrogen-bond acceptors (Lipinski definition) is 3. The van der Waals surface area contributed by atoms with Crippen LogP contribution in [0.2, 0.25) is 0 Å². The molecule has 0 spiro atoms. The summed E-state index contributed by atoms with van der Waals surface area (Å²) in [6, 6.07) is 10.2. The first-order valence-corrected chi connectivity index (χ1v) is 6.67. The van der Waals surface area contributed by atoms with Crippen LogP contribution >= 0.6 is 0 Å². The molecule has 3 nitrogen and oxygen atoms in total. The summed E-state index contributed by atoms with van der Waals surface area (Å²) in [5, 5.41) is 10.5. The Hall–Kier alpha value is -1.06. The number of hydrogen-bond donors (Lipinski definition) is 1. The molecule has 1 aliphatic heterocycles. The van der Waals surface area contributed by atoms with E-state index in [2.05, 4.69) is 18.7 Å². The first-order valence-electron chi connectivity index (χ1n) is 6.67. The predicted octanol–water partition coefficient (Wildman–Crippen LogP) is 2.30. The molecule has 1 N–H and O–H groups in total. The zero-order valence-corrected chi connectivity index (χ0v) is 11.5. The van der Waals surface area contributed by atoms with Gasteiger partial charge >= 0.3 is 0 Å². The largest absolute Gasteiger partial charge is 0.487 e. The number of ether oxygens (including phenoxy) is 1. The smallest absolute Gasteiger partial charge is 0.129 e. The van der Waals surface area contributed by atoms with Gasteiger partial charge in [-0.15, -0.1) is 0 Å². The van der Waals surface area contributed by atoms with Crippen LogP contribution in [-0.2, 0) is 0 Å². The van der Waals surface area contributed by atoms with Gasteiger partial charge in [0.25, 0.3) is 0 Å². The number of likely N-dealkylation sites (tertiary alicyclic amines) is 1. The molecule has 1 fully saturated rings. The van der Waals surface area contributed by atoms with Crippen LogP contribution in [-0.4, -0.2) is 40.8 Å². The molecule has 0 radical (unpaired) electrons. The highest BCUT2D eigenvalue weighted by Gasteiger charge is 2.40. The van der Waals surface area contributed by atoms with E-state index in [4.69, 9.17) is 4.74 Å². The maximum Gasteiger partial charge on any atom is 0.129 e. The first-order chi connectivity index (χ1) is 8.49. The van der Waals surface area contributed by atoms with E-state index in [-0.39, 0.29) is 6.10 Å². The Morgan fingerprint density at radius 3 is 2.56 bits per heavy atom. The third-order valence-electron chi connectivity index (χ3n) is 3.65. The van der Waals surface area contributed by atoms with Gasteiger partial charge in [-0.2, -0.15) is 0 Å². The molecule has 1 aliphatic rings. The van der Waals surface area contributed by atoms with E-state index in [9.17, 15) is 5.11 Å². The van der Waals surface area contributed by atoms with Crippen molar-refractivity contribution in [1.29, 1.82) is 0 Å². The van der Waals surface area contributed by atoms with Gasteiger partial charge in [0, 0.05) is 19.1 Å². The van der Waals surface area contributed by atoms with Gasteiger partial charge in [0.1, 0.15) is 17.5 Å². The molecular formula is C15H23NO2. The monoisotopic (exact) mass is 249 g/mol. The second-order valence-electron chi connectivity index (χ2n) is 5.63. The first kappa shape index (κ1) is 13.4. The maximum atomic E-state index is 10.5. The fourth-order valence-electron chi connectivity index (χ4n) is 2.48. The molecule has 3 heteroatoms. The fraction of sp³-hybridized carbons (Fsp3) is 0.600. The Bertz CT molecular complexity index is 375. The van der Waals surface area contributed by atoms with Crippen LogP contribution < -0.4 is 4.74 Å². The zero-order chi connectivity index (χ0) is 13.2. The van der Waals surface area contributed by atoms with Crippen molar-refractivity contribution >= 4 is 0 Å². The highest BCUT2D eigenvalue weighted by molar-refractivity contribution is 5.21. The summed E-state index contributed by atoms with van der Waals surface area (Å²) in [5.74, 6) is 0.834. The Morgan fingerprint density at radius 2 is 2.00 bits per heavy atom. The van der Waals surface area contributed by atoms with Gasteiger partial charge in [-0.3, -0.25) is 4.90 Å². The molecule has 1 aromatic rings. The molecule has 0 bridgehead atoms. The molecule has 0 saturated carbocycles. The van der Waals surface area contributed by atoms with E-state index in [1.807, 2.05) is 37.3 Å². The molecule has 0 amide bonds. The summed E-state index contributed by atoms with van der Waals surface area (Å²) in [6.45, 7) is 7.84. The van der Waals surface area contributed by atoms with Gasteiger partial charge in [0.05, 0.1) is 0 Å². The minimum atomic E-state index is -0.793. The lowest BCUT2D eigenvalue weighted by Gasteiger charge is -2.44. The normalized spacial score (nSPS) is 29.5. The number of piperidine rings is 1.